The summed E-state index contributed by atoms with van der Waals surface area (Å²) in [6, 6.07) is 10.6. The van der Waals surface area contributed by atoms with Crippen molar-refractivity contribution < 1.29 is 31.6 Å². The topological polar surface area (TPSA) is 116 Å². The first-order valence-electron chi connectivity index (χ1n) is 10.4. The van der Waals surface area contributed by atoms with E-state index in [0.29, 0.717) is 30.2 Å². The van der Waals surface area contributed by atoms with Gasteiger partial charge >= 0.3 is 6.18 Å². The molecule has 2 aromatic carbocycles. The largest absolute Gasteiger partial charge is 0.416 e. The summed E-state index contributed by atoms with van der Waals surface area (Å²) in [5.41, 5.74) is 1.95. The Labute approximate surface area is 198 Å². The van der Waals surface area contributed by atoms with Crippen molar-refractivity contribution in [2.24, 2.45) is 0 Å². The number of nitrogens with zero attached hydrogens (tertiary/aromatic N) is 4. The number of piperazine rings is 1. The Morgan fingerprint density at radius 3 is 1.89 bits per heavy atom. The van der Waals surface area contributed by atoms with E-state index in [1.807, 2.05) is 0 Å². The average molecular weight is 507 g/mol. The summed E-state index contributed by atoms with van der Waals surface area (Å²) >= 11 is 0. The highest BCUT2D eigenvalue weighted by atomic mass is 32.2. The van der Waals surface area contributed by atoms with E-state index in [2.05, 4.69) is 9.97 Å². The van der Waals surface area contributed by atoms with Crippen LogP contribution in [0.5, 0.6) is 0 Å². The number of halogens is 3. The fourth-order valence-corrected chi connectivity index (χ4v) is 5.04. The summed E-state index contributed by atoms with van der Waals surface area (Å²) in [7, 11) is -3.78. The van der Waals surface area contributed by atoms with Gasteiger partial charge in [0.05, 0.1) is 16.0 Å². The van der Waals surface area contributed by atoms with E-state index in [-0.39, 0.29) is 23.5 Å². The molecular formula is C22H20F3N5O4S. The lowest BCUT2D eigenvalue weighted by Crippen LogP contribution is -2.49. The van der Waals surface area contributed by atoms with E-state index in [1.165, 1.54) is 46.4 Å². The normalized spacial score (nSPS) is 15.1. The monoisotopic (exact) mass is 507 g/mol. The number of carbonyl (C=O) groups excluding carboxylic acids is 1. The summed E-state index contributed by atoms with van der Waals surface area (Å²) in [5.74, 6) is -0.408. The highest BCUT2D eigenvalue weighted by Gasteiger charge is 2.31. The molecule has 1 aliphatic heterocycles. The van der Waals surface area contributed by atoms with Crippen LogP contribution in [0.1, 0.15) is 15.9 Å². The number of rotatable bonds is 5. The Morgan fingerprint density at radius 1 is 0.886 bits per heavy atom. The van der Waals surface area contributed by atoms with Crippen LogP contribution >= 0.6 is 0 Å². The minimum absolute atomic E-state index is 0.0807. The van der Waals surface area contributed by atoms with Crippen molar-refractivity contribution in [1.29, 1.82) is 0 Å². The van der Waals surface area contributed by atoms with E-state index < -0.39 is 27.7 Å². The number of hydroxylamine groups is 1. The van der Waals surface area contributed by atoms with E-state index in [0.717, 1.165) is 12.1 Å². The molecule has 35 heavy (non-hydrogen) atoms. The van der Waals surface area contributed by atoms with Crippen LogP contribution in [-0.2, 0) is 16.2 Å². The Morgan fingerprint density at radius 2 is 1.40 bits per heavy atom. The molecule has 0 bridgehead atoms. The SMILES string of the molecule is O=C(NO)c1cnc(N2CCN(S(=O)(=O)c3ccc(-c4ccc(C(F)(F)F)cc4)cc3)CC2)nc1. The van der Waals surface area contributed by atoms with Crippen LogP contribution < -0.4 is 10.4 Å². The average Bonchev–Trinajstić information content (AvgIpc) is 2.88. The van der Waals surface area contributed by atoms with Crippen LogP contribution in [-0.4, -0.2) is 60.0 Å². The molecule has 0 atom stereocenters. The quantitative estimate of drug-likeness (QED) is 0.403. The van der Waals surface area contributed by atoms with Crippen molar-refractivity contribution in [2.75, 3.05) is 31.1 Å². The van der Waals surface area contributed by atoms with Crippen molar-refractivity contribution in [1.82, 2.24) is 19.8 Å². The van der Waals surface area contributed by atoms with Crippen LogP contribution in [0.4, 0.5) is 19.1 Å². The molecule has 0 saturated carbocycles. The van der Waals surface area contributed by atoms with Gasteiger partial charge in [0.25, 0.3) is 5.91 Å². The van der Waals surface area contributed by atoms with E-state index in [9.17, 15) is 26.4 Å². The molecule has 184 valence electrons. The number of benzene rings is 2. The lowest BCUT2D eigenvalue weighted by molar-refractivity contribution is -0.137. The van der Waals surface area contributed by atoms with Crippen LogP contribution in [0.25, 0.3) is 11.1 Å². The Hall–Kier alpha value is -3.55. The predicted molar refractivity (Wildman–Crippen MR) is 119 cm³/mol. The van der Waals surface area contributed by atoms with Crippen LogP contribution in [0.2, 0.25) is 0 Å². The first kappa shape index (κ1) is 24.6. The summed E-state index contributed by atoms with van der Waals surface area (Å²) in [6.45, 7) is 1.03. The predicted octanol–water partition coefficient (Wildman–Crippen LogP) is 2.79. The molecule has 0 unspecified atom stereocenters. The molecule has 0 aliphatic carbocycles. The van der Waals surface area contributed by atoms with E-state index >= 15 is 0 Å². The van der Waals surface area contributed by atoms with Gasteiger partial charge in [-0.1, -0.05) is 24.3 Å². The zero-order chi connectivity index (χ0) is 25.2. The highest BCUT2D eigenvalue weighted by molar-refractivity contribution is 7.89. The van der Waals surface area contributed by atoms with Crippen molar-refractivity contribution in [2.45, 2.75) is 11.1 Å². The Bertz CT molecular complexity index is 1290. The molecule has 1 fully saturated rings. The maximum absolute atomic E-state index is 13.1. The van der Waals surface area contributed by atoms with Gasteiger partial charge < -0.3 is 4.90 Å². The molecule has 4 rings (SSSR count). The van der Waals surface area contributed by atoms with Gasteiger partial charge in [0, 0.05) is 38.6 Å². The molecule has 3 aromatic rings. The van der Waals surface area contributed by atoms with Gasteiger partial charge in [-0.25, -0.2) is 23.9 Å². The minimum Gasteiger partial charge on any atom is -0.338 e. The first-order chi connectivity index (χ1) is 16.6. The zero-order valence-corrected chi connectivity index (χ0v) is 18.9. The lowest BCUT2D eigenvalue weighted by Gasteiger charge is -2.34. The standard InChI is InChI=1S/C22H20F3N5O4S/c23-22(24,25)18-5-1-15(2-6-18)16-3-7-19(8-4-16)35(33,34)30-11-9-29(10-12-30)21-26-13-17(14-27-21)20(31)28-32/h1-8,13-14,32H,9-12H2,(H,28,31). The molecule has 0 spiro atoms. The number of anilines is 1. The number of sulfonamides is 1. The number of alkyl halides is 3. The molecule has 1 aliphatic rings. The third-order valence-electron chi connectivity index (χ3n) is 5.56. The van der Waals surface area contributed by atoms with Crippen molar-refractivity contribution in [3.05, 3.63) is 72.1 Å². The zero-order valence-electron chi connectivity index (χ0n) is 18.1. The van der Waals surface area contributed by atoms with Gasteiger partial charge in [-0.3, -0.25) is 10.0 Å². The fraction of sp³-hybridized carbons (Fsp3) is 0.227. The fourth-order valence-electron chi connectivity index (χ4n) is 3.61. The molecule has 2 heterocycles. The van der Waals surface area contributed by atoms with Gasteiger partial charge in [-0.2, -0.15) is 17.5 Å². The number of nitrogens with one attached hydrogen (secondary N) is 1. The maximum atomic E-state index is 13.1. The van der Waals surface area contributed by atoms with Gasteiger partial charge in [0.2, 0.25) is 16.0 Å². The third kappa shape index (κ3) is 5.26. The van der Waals surface area contributed by atoms with Crippen LogP contribution in [0.3, 0.4) is 0 Å². The van der Waals surface area contributed by atoms with Crippen molar-refractivity contribution in [3.63, 3.8) is 0 Å². The van der Waals surface area contributed by atoms with E-state index in [1.54, 1.807) is 17.0 Å². The molecule has 13 heteroatoms. The number of hydrogen-bond acceptors (Lipinski definition) is 7. The smallest absolute Gasteiger partial charge is 0.338 e. The molecule has 2 N–H and O–H groups in total. The summed E-state index contributed by atoms with van der Waals surface area (Å²) in [4.78, 5) is 21.4. The van der Waals surface area contributed by atoms with E-state index in [4.69, 9.17) is 5.21 Å². The maximum Gasteiger partial charge on any atom is 0.416 e. The molecule has 9 nitrogen and oxygen atoms in total. The highest BCUT2D eigenvalue weighted by Crippen LogP contribution is 2.31. The number of hydrogen-bond donors (Lipinski definition) is 2. The molecule has 1 amide bonds. The van der Waals surface area contributed by atoms with Crippen molar-refractivity contribution in [3.8, 4) is 11.1 Å². The molecule has 1 aromatic heterocycles. The molecular weight excluding hydrogens is 487 g/mol. The summed E-state index contributed by atoms with van der Waals surface area (Å²) in [6.07, 6.45) is -1.91. The summed E-state index contributed by atoms with van der Waals surface area (Å²) in [5, 5.41) is 8.65. The van der Waals surface area contributed by atoms with Gasteiger partial charge in [0.15, 0.2) is 0 Å². The number of carbonyl (C=O) groups is 1. The first-order valence-corrected chi connectivity index (χ1v) is 11.8. The van der Waals surface area contributed by atoms with Crippen LogP contribution in [0.15, 0.2) is 65.8 Å². The minimum atomic E-state index is -4.42. The lowest BCUT2D eigenvalue weighted by atomic mass is 10.0. The van der Waals surface area contributed by atoms with Gasteiger partial charge in [0.1, 0.15) is 0 Å². The summed E-state index contributed by atoms with van der Waals surface area (Å²) < 4.78 is 65.7. The van der Waals surface area contributed by atoms with Gasteiger partial charge in [-0.05, 0) is 35.4 Å². The molecule has 1 saturated heterocycles. The number of aromatic nitrogens is 2. The second kappa shape index (κ2) is 9.60. The Kier molecular flexibility index (Phi) is 6.74. The number of amides is 1. The third-order valence-corrected chi connectivity index (χ3v) is 7.47. The molecule has 0 radical (unpaired) electrons. The van der Waals surface area contributed by atoms with Crippen molar-refractivity contribution >= 4 is 21.9 Å². The second-order valence-electron chi connectivity index (χ2n) is 7.70. The second-order valence-corrected chi connectivity index (χ2v) is 9.64. The van der Waals surface area contributed by atoms with Gasteiger partial charge in [-0.15, -0.1) is 0 Å². The van der Waals surface area contributed by atoms with Crippen LogP contribution in [0, 0.1) is 0 Å². The Balaban J connectivity index is 1.41.